The lowest BCUT2D eigenvalue weighted by atomic mass is 9.83. The second kappa shape index (κ2) is 13.8. The number of imide groups is 1. The van der Waals surface area contributed by atoms with Gasteiger partial charge in [0.2, 0.25) is 0 Å². The van der Waals surface area contributed by atoms with Gasteiger partial charge >= 0.3 is 18.2 Å². The van der Waals surface area contributed by atoms with E-state index in [2.05, 4.69) is 49.8 Å². The smallest absolute Gasteiger partial charge is 0.335 e. The van der Waals surface area contributed by atoms with Gasteiger partial charge in [-0.3, -0.25) is 19.6 Å². The minimum atomic E-state index is -4.75. The molecule has 1 aromatic carbocycles. The Bertz CT molecular complexity index is 1480. The first kappa shape index (κ1) is 33.6. The van der Waals surface area contributed by atoms with Crippen LogP contribution in [-0.2, 0) is 11.0 Å². The van der Waals surface area contributed by atoms with Crippen LogP contribution < -0.4 is 10.2 Å². The molecule has 1 fully saturated rings. The number of allylic oxidation sites excluding steroid dienone is 1. The maximum Gasteiger partial charge on any atom is 0.433 e. The summed E-state index contributed by atoms with van der Waals surface area (Å²) < 4.78 is 40.2. The van der Waals surface area contributed by atoms with Gasteiger partial charge in [-0.1, -0.05) is 19.1 Å². The summed E-state index contributed by atoms with van der Waals surface area (Å²) in [5, 5.41) is 11.9. The maximum atomic E-state index is 13.9. The summed E-state index contributed by atoms with van der Waals surface area (Å²) in [4.78, 5) is 48.2. The van der Waals surface area contributed by atoms with Crippen LogP contribution >= 0.6 is 0 Å². The molecule has 0 spiro atoms. The Kier molecular flexibility index (Phi) is 10.3. The second-order valence-electron chi connectivity index (χ2n) is 11.9. The number of amides is 4. The predicted molar refractivity (Wildman–Crippen MR) is 163 cm³/mol. The molecule has 3 aliphatic rings. The Hall–Kier alpha value is -4.24. The first-order chi connectivity index (χ1) is 21.3. The average molecular weight is 625 g/mol. The van der Waals surface area contributed by atoms with Crippen molar-refractivity contribution in [3.63, 3.8) is 0 Å². The Morgan fingerprint density at radius 3 is 2.24 bits per heavy atom. The van der Waals surface area contributed by atoms with Crippen LogP contribution in [0.1, 0.15) is 89.6 Å². The lowest BCUT2D eigenvalue weighted by Crippen LogP contribution is -2.57. The summed E-state index contributed by atoms with van der Waals surface area (Å²) in [5.41, 5.74) is -0.0758. The quantitative estimate of drug-likeness (QED) is 0.372. The van der Waals surface area contributed by atoms with Crippen molar-refractivity contribution < 1.29 is 27.6 Å². The van der Waals surface area contributed by atoms with E-state index in [0.717, 1.165) is 41.4 Å². The zero-order chi connectivity index (χ0) is 33.1. The van der Waals surface area contributed by atoms with Crippen LogP contribution in [0.3, 0.4) is 0 Å². The summed E-state index contributed by atoms with van der Waals surface area (Å²) in [7, 11) is 0. The molecule has 2 aromatic rings. The fraction of sp³-hybridized carbons (Fsp3) is 0.485. The zero-order valence-electron chi connectivity index (χ0n) is 26.2. The van der Waals surface area contributed by atoms with Crippen LogP contribution in [0.15, 0.2) is 53.9 Å². The maximum absolute atomic E-state index is 13.9. The summed E-state index contributed by atoms with van der Waals surface area (Å²) in [6.45, 7) is 12.3. The molecule has 4 amide bonds. The lowest BCUT2D eigenvalue weighted by Gasteiger charge is -2.44. The van der Waals surface area contributed by atoms with Crippen molar-refractivity contribution in [1.82, 2.24) is 20.1 Å². The van der Waals surface area contributed by atoms with E-state index in [0.29, 0.717) is 29.6 Å². The highest BCUT2D eigenvalue weighted by atomic mass is 19.4. The molecule has 2 heterocycles. The number of urea groups is 2. The average Bonchev–Trinajstić information content (AvgIpc) is 3.80. The third-order valence-corrected chi connectivity index (χ3v) is 8.09. The molecule has 1 N–H and O–H groups in total. The van der Waals surface area contributed by atoms with Gasteiger partial charge in [0.05, 0.1) is 23.4 Å². The standard InChI is InChI=1S/C25H20F3N5O3.C8H19N/c26-25(27,28)20-12-17(10-11-30-20)32-18-2-1-3-19(34)21(18)22(15-6-4-14(13-29)5-7-15)33(24(32)36)23(35)31-16-8-9-16;1-6-9(7(2)3)8(4)5/h4-7,10-12,16,22H,1-3,8-9H2,(H,31,35);7-8H,6H2,1-5H3. The Morgan fingerprint density at radius 1 is 1.09 bits per heavy atom. The summed E-state index contributed by atoms with van der Waals surface area (Å²) in [6.07, 6.45) is -1.47. The molecule has 12 heteroatoms. The molecule has 1 saturated carbocycles. The number of ketones is 1. The van der Waals surface area contributed by atoms with E-state index in [1.54, 1.807) is 12.1 Å². The van der Waals surface area contributed by atoms with Gasteiger partial charge in [0.15, 0.2) is 5.78 Å². The van der Waals surface area contributed by atoms with E-state index in [1.807, 2.05) is 6.07 Å². The number of halogens is 3. The Morgan fingerprint density at radius 2 is 1.73 bits per heavy atom. The first-order valence-corrected chi connectivity index (χ1v) is 15.3. The van der Waals surface area contributed by atoms with Crippen LogP contribution in [0.5, 0.6) is 0 Å². The SMILES string of the molecule is CCN(C(C)C)C(C)C.N#Cc1ccc(C2C3=C(CCCC3=O)N(c3ccnc(C(F)(F)F)c3)C(=O)N2C(=O)NC2CC2)cc1. The number of nitriles is 1. The number of alkyl halides is 3. The number of hydrogen-bond donors (Lipinski definition) is 1. The number of carbonyl (C=O) groups is 3. The van der Waals surface area contributed by atoms with Crippen LogP contribution in [0.4, 0.5) is 28.4 Å². The second-order valence-corrected chi connectivity index (χ2v) is 11.9. The van der Waals surface area contributed by atoms with Crippen molar-refractivity contribution in [2.45, 2.75) is 97.1 Å². The highest BCUT2D eigenvalue weighted by Gasteiger charge is 2.48. The molecule has 45 heavy (non-hydrogen) atoms. The number of nitrogens with one attached hydrogen (secondary N) is 1. The number of Topliss-reactive ketones (excluding diaryl/α,β-unsaturated/α-hetero) is 1. The minimum Gasteiger partial charge on any atom is -0.335 e. The van der Waals surface area contributed by atoms with Crippen molar-refractivity contribution >= 4 is 23.5 Å². The van der Waals surface area contributed by atoms with E-state index in [4.69, 9.17) is 5.26 Å². The van der Waals surface area contributed by atoms with E-state index in [9.17, 15) is 27.6 Å². The number of hydrogen-bond acceptors (Lipinski definition) is 6. The van der Waals surface area contributed by atoms with Crippen LogP contribution in [0, 0.1) is 11.3 Å². The first-order valence-electron chi connectivity index (χ1n) is 15.3. The number of anilines is 1. The van der Waals surface area contributed by atoms with Gasteiger partial charge in [0.1, 0.15) is 5.69 Å². The van der Waals surface area contributed by atoms with Gasteiger partial charge in [-0.05, 0) is 89.8 Å². The third-order valence-electron chi connectivity index (χ3n) is 8.09. The molecular weight excluding hydrogens is 585 g/mol. The molecule has 240 valence electrons. The summed E-state index contributed by atoms with van der Waals surface area (Å²) >= 11 is 0. The van der Waals surface area contributed by atoms with E-state index in [1.165, 1.54) is 18.2 Å². The molecule has 1 atom stereocenters. The molecule has 1 aliphatic heterocycles. The molecule has 9 nitrogen and oxygen atoms in total. The highest BCUT2D eigenvalue weighted by molar-refractivity contribution is 6.11. The number of carbonyl (C=O) groups excluding carboxylic acids is 3. The lowest BCUT2D eigenvalue weighted by molar-refractivity contribution is -0.141. The van der Waals surface area contributed by atoms with E-state index < -0.39 is 30.0 Å². The molecule has 1 unspecified atom stereocenters. The fourth-order valence-corrected chi connectivity index (χ4v) is 5.89. The van der Waals surface area contributed by atoms with Gasteiger partial charge in [-0.25, -0.2) is 14.5 Å². The Balaban J connectivity index is 0.000000448. The largest absolute Gasteiger partial charge is 0.433 e. The van der Waals surface area contributed by atoms with Gasteiger partial charge in [-0.2, -0.15) is 18.4 Å². The van der Waals surface area contributed by atoms with Gasteiger partial charge < -0.3 is 5.32 Å². The van der Waals surface area contributed by atoms with Crippen LogP contribution in [-0.4, -0.2) is 57.3 Å². The summed E-state index contributed by atoms with van der Waals surface area (Å²) in [6, 6.07) is 8.76. The molecule has 0 saturated heterocycles. The molecule has 1 aromatic heterocycles. The van der Waals surface area contributed by atoms with Gasteiger partial charge in [0.25, 0.3) is 0 Å². The number of pyridine rings is 1. The fourth-order valence-electron chi connectivity index (χ4n) is 5.89. The number of benzene rings is 1. The van der Waals surface area contributed by atoms with Crippen LogP contribution in [0.2, 0.25) is 0 Å². The van der Waals surface area contributed by atoms with Crippen molar-refractivity contribution in [2.75, 3.05) is 11.4 Å². The topological polar surface area (TPSA) is 110 Å². The summed E-state index contributed by atoms with van der Waals surface area (Å²) in [5.74, 6) is -0.294. The van der Waals surface area contributed by atoms with Crippen molar-refractivity contribution in [1.29, 1.82) is 5.26 Å². The zero-order valence-corrected chi connectivity index (χ0v) is 26.2. The number of rotatable bonds is 6. The van der Waals surface area contributed by atoms with Crippen molar-refractivity contribution in [3.8, 4) is 6.07 Å². The van der Waals surface area contributed by atoms with Gasteiger partial charge in [0, 0.05) is 42.0 Å². The normalized spacial score (nSPS) is 18.6. The van der Waals surface area contributed by atoms with E-state index in [-0.39, 0.29) is 41.6 Å². The molecule has 0 bridgehead atoms. The molecule has 5 rings (SSSR count). The van der Waals surface area contributed by atoms with Crippen molar-refractivity contribution in [3.05, 3.63) is 70.7 Å². The molecule has 0 radical (unpaired) electrons. The third kappa shape index (κ3) is 7.53. The molecule has 2 aliphatic carbocycles. The minimum absolute atomic E-state index is 0.115. The highest BCUT2D eigenvalue weighted by Crippen LogP contribution is 2.44. The number of aromatic nitrogens is 1. The Labute approximate surface area is 261 Å². The van der Waals surface area contributed by atoms with E-state index >= 15 is 0 Å². The monoisotopic (exact) mass is 624 g/mol. The van der Waals surface area contributed by atoms with Gasteiger partial charge in [-0.15, -0.1) is 0 Å². The predicted octanol–water partition coefficient (Wildman–Crippen LogP) is 6.96. The molecular formula is C33H39F3N6O3. The van der Waals surface area contributed by atoms with Crippen molar-refractivity contribution in [2.24, 2.45) is 0 Å². The van der Waals surface area contributed by atoms with Crippen LogP contribution in [0.25, 0.3) is 0 Å². The number of nitrogens with zero attached hydrogens (tertiary/aromatic N) is 5.